The van der Waals surface area contributed by atoms with Gasteiger partial charge in [0.2, 0.25) is 5.91 Å². The van der Waals surface area contributed by atoms with Gasteiger partial charge in [-0.15, -0.1) is 0 Å². The van der Waals surface area contributed by atoms with E-state index in [0.717, 1.165) is 68.1 Å². The number of carbonyl (C=O) groups is 2. The highest BCUT2D eigenvalue weighted by molar-refractivity contribution is 6.30. The minimum atomic E-state index is -0.510. The van der Waals surface area contributed by atoms with Gasteiger partial charge in [-0.25, -0.2) is 0 Å². The van der Waals surface area contributed by atoms with Crippen LogP contribution in [0.4, 0.5) is 5.69 Å². The molecule has 39 heavy (non-hydrogen) atoms. The third kappa shape index (κ3) is 4.86. The van der Waals surface area contributed by atoms with Crippen molar-refractivity contribution >= 4 is 29.1 Å². The number of rotatable bonds is 7. The molecule has 202 valence electrons. The molecular formula is C32H35ClN4O2. The van der Waals surface area contributed by atoms with Crippen molar-refractivity contribution in [1.82, 2.24) is 14.7 Å². The van der Waals surface area contributed by atoms with E-state index in [-0.39, 0.29) is 17.7 Å². The summed E-state index contributed by atoms with van der Waals surface area (Å²) in [7, 11) is 4.17. The van der Waals surface area contributed by atoms with Crippen molar-refractivity contribution in [2.45, 2.75) is 24.3 Å². The van der Waals surface area contributed by atoms with E-state index in [0.29, 0.717) is 17.1 Å². The molecule has 2 atom stereocenters. The molecule has 1 saturated heterocycles. The van der Waals surface area contributed by atoms with Crippen molar-refractivity contribution in [3.05, 3.63) is 100 Å². The van der Waals surface area contributed by atoms with Gasteiger partial charge >= 0.3 is 0 Å². The van der Waals surface area contributed by atoms with E-state index in [4.69, 9.17) is 11.6 Å². The Bertz CT molecular complexity index is 1380. The average molecular weight is 543 g/mol. The Balaban J connectivity index is 1.17. The molecule has 1 aliphatic carbocycles. The Morgan fingerprint density at radius 1 is 0.974 bits per heavy atom. The molecule has 6 rings (SSSR count). The molecule has 2 fully saturated rings. The highest BCUT2D eigenvalue weighted by atomic mass is 35.5. The van der Waals surface area contributed by atoms with Crippen LogP contribution < -0.4 is 4.90 Å². The van der Waals surface area contributed by atoms with E-state index in [1.54, 1.807) is 0 Å². The predicted molar refractivity (Wildman–Crippen MR) is 155 cm³/mol. The third-order valence-electron chi connectivity index (χ3n) is 8.57. The molecule has 0 radical (unpaired) electrons. The molecule has 7 heteroatoms. The molecule has 3 aliphatic rings. The summed E-state index contributed by atoms with van der Waals surface area (Å²) in [6.45, 7) is 5.77. The van der Waals surface area contributed by atoms with Crippen LogP contribution in [0.15, 0.2) is 72.8 Å². The normalized spacial score (nSPS) is 22.6. The van der Waals surface area contributed by atoms with E-state index < -0.39 is 5.41 Å². The SMILES string of the molecule is CN(C)CCN1CCN(C(=O)c2cccc(CN3C(=O)[C@]4(CC4c4ccc(Cl)cc4)c4ccccc43)c2)CC1. The van der Waals surface area contributed by atoms with Gasteiger partial charge in [0.1, 0.15) is 0 Å². The summed E-state index contributed by atoms with van der Waals surface area (Å²) < 4.78 is 0. The second-order valence-electron chi connectivity index (χ2n) is 11.3. The van der Waals surface area contributed by atoms with Crippen LogP contribution in [-0.4, -0.2) is 79.9 Å². The summed E-state index contributed by atoms with van der Waals surface area (Å²) in [4.78, 5) is 35.9. The zero-order valence-electron chi connectivity index (χ0n) is 22.6. The zero-order valence-corrected chi connectivity index (χ0v) is 23.4. The fourth-order valence-corrected chi connectivity index (χ4v) is 6.41. The van der Waals surface area contributed by atoms with Crippen LogP contribution in [0.5, 0.6) is 0 Å². The highest BCUT2D eigenvalue weighted by Crippen LogP contribution is 2.66. The van der Waals surface area contributed by atoms with Crippen molar-refractivity contribution in [1.29, 1.82) is 0 Å². The van der Waals surface area contributed by atoms with Crippen molar-refractivity contribution < 1.29 is 9.59 Å². The number of carbonyl (C=O) groups excluding carboxylic acids is 2. The first-order valence-electron chi connectivity index (χ1n) is 13.8. The van der Waals surface area contributed by atoms with Crippen LogP contribution >= 0.6 is 11.6 Å². The van der Waals surface area contributed by atoms with Crippen molar-refractivity contribution in [3.8, 4) is 0 Å². The Morgan fingerprint density at radius 3 is 2.46 bits per heavy atom. The molecule has 1 unspecified atom stereocenters. The predicted octanol–water partition coefficient (Wildman–Crippen LogP) is 4.63. The summed E-state index contributed by atoms with van der Waals surface area (Å²) in [5, 5.41) is 0.703. The number of benzene rings is 3. The van der Waals surface area contributed by atoms with Gasteiger partial charge in [0.15, 0.2) is 0 Å². The number of anilines is 1. The fourth-order valence-electron chi connectivity index (χ4n) is 6.29. The molecule has 2 heterocycles. The summed E-state index contributed by atoms with van der Waals surface area (Å²) in [6.07, 6.45) is 0.806. The monoisotopic (exact) mass is 542 g/mol. The topological polar surface area (TPSA) is 47.1 Å². The lowest BCUT2D eigenvalue weighted by atomic mass is 9.92. The average Bonchev–Trinajstić information content (AvgIpc) is 3.67. The maximum absolute atomic E-state index is 14.0. The number of fused-ring (bicyclic) bond motifs is 2. The zero-order chi connectivity index (χ0) is 27.1. The largest absolute Gasteiger partial charge is 0.336 e. The molecule has 6 nitrogen and oxygen atoms in total. The molecule has 2 aliphatic heterocycles. The highest BCUT2D eigenvalue weighted by Gasteiger charge is 2.67. The lowest BCUT2D eigenvalue weighted by molar-refractivity contribution is -0.120. The number of halogens is 1. The van der Waals surface area contributed by atoms with Gasteiger partial charge in [-0.2, -0.15) is 0 Å². The summed E-state index contributed by atoms with van der Waals surface area (Å²) in [5.74, 6) is 0.366. The number of nitrogens with zero attached hydrogens (tertiary/aromatic N) is 4. The minimum absolute atomic E-state index is 0.0683. The quantitative estimate of drug-likeness (QED) is 0.437. The molecule has 0 N–H and O–H groups in total. The maximum atomic E-state index is 14.0. The molecule has 3 aromatic rings. The Kier molecular flexibility index (Phi) is 6.96. The summed E-state index contributed by atoms with van der Waals surface area (Å²) >= 11 is 6.12. The van der Waals surface area contributed by atoms with Gasteiger partial charge in [0.25, 0.3) is 5.91 Å². The molecule has 3 aromatic carbocycles. The Morgan fingerprint density at radius 2 is 1.72 bits per heavy atom. The van der Waals surface area contributed by atoms with Crippen molar-refractivity contribution in [2.75, 3.05) is 58.3 Å². The van der Waals surface area contributed by atoms with Gasteiger partial charge in [-0.3, -0.25) is 14.5 Å². The van der Waals surface area contributed by atoms with Gasteiger partial charge in [0.05, 0.1) is 12.0 Å². The van der Waals surface area contributed by atoms with Crippen LogP contribution in [-0.2, 0) is 16.8 Å². The Labute approximate surface area is 235 Å². The van der Waals surface area contributed by atoms with Crippen molar-refractivity contribution in [2.24, 2.45) is 0 Å². The standard InChI is InChI=1S/C32H35ClN4O2/c1-34(2)14-15-35-16-18-36(19-17-35)30(38)25-7-5-6-23(20-25)22-37-29-9-4-3-8-27(29)32(31(37)39)21-28(32)24-10-12-26(33)13-11-24/h3-13,20,28H,14-19,21-22H2,1-2H3/t28?,32-/m1/s1. The van der Waals surface area contributed by atoms with E-state index in [9.17, 15) is 9.59 Å². The first-order chi connectivity index (χ1) is 18.9. The molecule has 1 saturated carbocycles. The lowest BCUT2D eigenvalue weighted by Crippen LogP contribution is -2.50. The molecule has 0 aromatic heterocycles. The van der Waals surface area contributed by atoms with Gasteiger partial charge in [-0.1, -0.05) is 54.1 Å². The second-order valence-corrected chi connectivity index (χ2v) is 11.8. The van der Waals surface area contributed by atoms with Crippen LogP contribution in [0.1, 0.15) is 39.4 Å². The molecule has 1 spiro atoms. The lowest BCUT2D eigenvalue weighted by Gasteiger charge is -2.35. The number of para-hydroxylation sites is 1. The Hall–Kier alpha value is -3.19. The van der Waals surface area contributed by atoms with E-state index >= 15 is 0 Å². The molecular weight excluding hydrogens is 508 g/mol. The van der Waals surface area contributed by atoms with Gasteiger partial charge < -0.3 is 14.7 Å². The number of likely N-dealkylation sites (N-methyl/N-ethyl adjacent to an activating group) is 1. The van der Waals surface area contributed by atoms with Gasteiger partial charge in [-0.05, 0) is 67.5 Å². The number of amides is 2. The molecule has 2 amide bonds. The minimum Gasteiger partial charge on any atom is -0.336 e. The number of hydrogen-bond donors (Lipinski definition) is 0. The first-order valence-corrected chi connectivity index (χ1v) is 14.2. The second kappa shape index (κ2) is 10.4. The van der Waals surface area contributed by atoms with Crippen LogP contribution in [0.2, 0.25) is 5.02 Å². The van der Waals surface area contributed by atoms with E-state index in [2.05, 4.69) is 30.0 Å². The maximum Gasteiger partial charge on any atom is 0.253 e. The van der Waals surface area contributed by atoms with Crippen LogP contribution in [0.25, 0.3) is 0 Å². The van der Waals surface area contributed by atoms with Crippen LogP contribution in [0, 0.1) is 0 Å². The number of piperazine rings is 1. The van der Waals surface area contributed by atoms with Crippen molar-refractivity contribution in [3.63, 3.8) is 0 Å². The fraction of sp³-hybridized carbons (Fsp3) is 0.375. The third-order valence-corrected chi connectivity index (χ3v) is 8.83. The van der Waals surface area contributed by atoms with Gasteiger partial charge in [0, 0.05) is 61.5 Å². The smallest absolute Gasteiger partial charge is 0.253 e. The summed E-state index contributed by atoms with van der Waals surface area (Å²) in [5.41, 5.74) is 4.38. The van der Waals surface area contributed by atoms with E-state index in [1.165, 1.54) is 0 Å². The van der Waals surface area contributed by atoms with Crippen LogP contribution in [0.3, 0.4) is 0 Å². The number of hydrogen-bond acceptors (Lipinski definition) is 4. The van der Waals surface area contributed by atoms with E-state index in [1.807, 2.05) is 76.5 Å². The first kappa shape index (κ1) is 26.1. The molecule has 0 bridgehead atoms. The summed E-state index contributed by atoms with van der Waals surface area (Å²) in [6, 6.07) is 23.8.